The first kappa shape index (κ1) is 26.6. The zero-order valence-electron chi connectivity index (χ0n) is 22.5. The number of nitrogens with zero attached hydrogens (tertiary/aromatic N) is 4. The van der Waals surface area contributed by atoms with Crippen molar-refractivity contribution in [2.45, 2.75) is 48.0 Å². The lowest BCUT2D eigenvalue weighted by molar-refractivity contribution is 0.429. The van der Waals surface area contributed by atoms with Crippen LogP contribution in [0.2, 0.25) is 0 Å². The number of rotatable bonds is 6. The van der Waals surface area contributed by atoms with Gasteiger partial charge >= 0.3 is 0 Å². The SMILES string of the molecule is CC(C)(C)CN=C(N)c1ccc(N2CCCN(c3ccc(C(N)=NCC(C)(C)C)cc3)CC2)cc1. The molecule has 35 heavy (non-hydrogen) atoms. The van der Waals surface area contributed by atoms with E-state index in [0.717, 1.165) is 56.8 Å². The van der Waals surface area contributed by atoms with E-state index >= 15 is 0 Å². The zero-order chi connectivity index (χ0) is 25.6. The number of amidine groups is 2. The second kappa shape index (κ2) is 11.1. The number of aliphatic imine (C=N–C) groups is 2. The highest BCUT2D eigenvalue weighted by Crippen LogP contribution is 2.22. The maximum atomic E-state index is 6.22. The van der Waals surface area contributed by atoms with Gasteiger partial charge < -0.3 is 21.3 Å². The molecule has 1 aliphatic rings. The summed E-state index contributed by atoms with van der Waals surface area (Å²) in [5, 5.41) is 0. The fourth-order valence-electron chi connectivity index (χ4n) is 3.95. The Labute approximate surface area is 212 Å². The van der Waals surface area contributed by atoms with Crippen molar-refractivity contribution in [3.8, 4) is 0 Å². The van der Waals surface area contributed by atoms with Crippen LogP contribution in [-0.4, -0.2) is 50.9 Å². The molecule has 6 nitrogen and oxygen atoms in total. The molecule has 190 valence electrons. The van der Waals surface area contributed by atoms with Crippen molar-refractivity contribution < 1.29 is 0 Å². The fraction of sp³-hybridized carbons (Fsp3) is 0.517. The quantitative estimate of drug-likeness (QED) is 0.459. The van der Waals surface area contributed by atoms with Crippen molar-refractivity contribution in [2.24, 2.45) is 32.3 Å². The Kier molecular flexibility index (Phi) is 8.47. The predicted octanol–water partition coefficient (Wildman–Crippen LogP) is 4.91. The summed E-state index contributed by atoms with van der Waals surface area (Å²) in [4.78, 5) is 14.0. The van der Waals surface area contributed by atoms with Gasteiger partial charge in [-0.25, -0.2) is 0 Å². The van der Waals surface area contributed by atoms with Gasteiger partial charge in [-0.2, -0.15) is 0 Å². The number of benzene rings is 2. The van der Waals surface area contributed by atoms with Crippen LogP contribution in [0.15, 0.2) is 58.5 Å². The summed E-state index contributed by atoms with van der Waals surface area (Å²) >= 11 is 0. The average molecular weight is 477 g/mol. The molecule has 0 saturated carbocycles. The molecule has 6 heteroatoms. The number of hydrogen-bond acceptors (Lipinski definition) is 4. The molecule has 4 N–H and O–H groups in total. The molecule has 0 unspecified atom stereocenters. The van der Waals surface area contributed by atoms with Crippen LogP contribution >= 0.6 is 0 Å². The highest BCUT2D eigenvalue weighted by Gasteiger charge is 2.17. The van der Waals surface area contributed by atoms with Crippen molar-refractivity contribution in [1.82, 2.24) is 0 Å². The number of hydrogen-bond donors (Lipinski definition) is 2. The Morgan fingerprint density at radius 3 is 1.29 bits per heavy atom. The first-order valence-electron chi connectivity index (χ1n) is 12.7. The van der Waals surface area contributed by atoms with E-state index in [0.29, 0.717) is 11.7 Å². The van der Waals surface area contributed by atoms with E-state index in [1.807, 2.05) is 0 Å². The fourth-order valence-corrected chi connectivity index (χ4v) is 3.95. The average Bonchev–Trinajstić information content (AvgIpc) is 3.07. The number of anilines is 2. The Morgan fingerprint density at radius 1 is 0.629 bits per heavy atom. The third-order valence-corrected chi connectivity index (χ3v) is 6.00. The van der Waals surface area contributed by atoms with E-state index in [1.165, 1.54) is 11.4 Å². The maximum absolute atomic E-state index is 6.22. The highest BCUT2D eigenvalue weighted by molar-refractivity contribution is 5.98. The summed E-state index contributed by atoms with van der Waals surface area (Å²) in [6.45, 7) is 18.5. The van der Waals surface area contributed by atoms with E-state index in [9.17, 15) is 0 Å². The lowest BCUT2D eigenvalue weighted by atomic mass is 9.97. The summed E-state index contributed by atoms with van der Waals surface area (Å²) in [6.07, 6.45) is 1.11. The zero-order valence-corrected chi connectivity index (χ0v) is 22.5. The van der Waals surface area contributed by atoms with Gasteiger partial charge in [0.05, 0.1) is 0 Å². The van der Waals surface area contributed by atoms with E-state index in [1.54, 1.807) is 0 Å². The lowest BCUT2D eigenvalue weighted by Crippen LogP contribution is -2.30. The van der Waals surface area contributed by atoms with Crippen molar-refractivity contribution in [1.29, 1.82) is 0 Å². The van der Waals surface area contributed by atoms with Crippen LogP contribution in [0.25, 0.3) is 0 Å². The monoisotopic (exact) mass is 476 g/mol. The van der Waals surface area contributed by atoms with Gasteiger partial charge in [0.25, 0.3) is 0 Å². The molecule has 0 spiro atoms. The minimum atomic E-state index is 0.134. The minimum absolute atomic E-state index is 0.134. The van der Waals surface area contributed by atoms with Crippen LogP contribution in [0, 0.1) is 10.8 Å². The lowest BCUT2D eigenvalue weighted by Gasteiger charge is -2.25. The van der Waals surface area contributed by atoms with Gasteiger partial charge in [-0.3, -0.25) is 9.98 Å². The molecular weight excluding hydrogens is 432 g/mol. The Morgan fingerprint density at radius 2 is 0.971 bits per heavy atom. The van der Waals surface area contributed by atoms with Crippen LogP contribution in [0.4, 0.5) is 11.4 Å². The molecule has 1 aliphatic heterocycles. The molecule has 1 saturated heterocycles. The second-order valence-electron chi connectivity index (χ2n) is 11.9. The van der Waals surface area contributed by atoms with Crippen molar-refractivity contribution in [2.75, 3.05) is 49.1 Å². The maximum Gasteiger partial charge on any atom is 0.125 e. The van der Waals surface area contributed by atoms with Gasteiger partial charge in [-0.15, -0.1) is 0 Å². The molecule has 0 aliphatic carbocycles. The standard InChI is InChI=1S/C29H44N6/c1-28(2,3)20-32-26(30)22-8-12-24(13-9-22)34-16-7-17-35(19-18-34)25-14-10-23(11-15-25)27(31)33-21-29(4,5)6/h8-15H,7,16-21H2,1-6H3,(H2,30,32)(H2,31,33). The van der Waals surface area contributed by atoms with Crippen LogP contribution < -0.4 is 21.3 Å². The molecule has 1 fully saturated rings. The summed E-state index contributed by atoms with van der Waals surface area (Å²) in [5.74, 6) is 1.22. The van der Waals surface area contributed by atoms with Gasteiger partial charge in [0.15, 0.2) is 0 Å². The summed E-state index contributed by atoms with van der Waals surface area (Å²) < 4.78 is 0. The normalized spacial score (nSPS) is 16.4. The first-order chi connectivity index (χ1) is 16.4. The molecule has 2 aromatic rings. The van der Waals surface area contributed by atoms with Gasteiger partial charge in [-0.05, 0) is 65.8 Å². The third-order valence-electron chi connectivity index (χ3n) is 6.00. The van der Waals surface area contributed by atoms with Gasteiger partial charge in [-0.1, -0.05) is 41.5 Å². The van der Waals surface area contributed by atoms with Crippen molar-refractivity contribution >= 4 is 23.0 Å². The molecule has 0 amide bonds. The largest absolute Gasteiger partial charge is 0.384 e. The summed E-state index contributed by atoms with van der Waals surface area (Å²) in [5.41, 5.74) is 17.1. The topological polar surface area (TPSA) is 83.2 Å². The Balaban J connectivity index is 1.60. The second-order valence-corrected chi connectivity index (χ2v) is 11.9. The van der Waals surface area contributed by atoms with Gasteiger partial charge in [0, 0.05) is 61.8 Å². The molecule has 0 radical (unpaired) electrons. The van der Waals surface area contributed by atoms with Crippen LogP contribution in [0.5, 0.6) is 0 Å². The van der Waals surface area contributed by atoms with E-state index in [4.69, 9.17) is 11.5 Å². The minimum Gasteiger partial charge on any atom is -0.384 e. The molecule has 3 rings (SSSR count). The van der Waals surface area contributed by atoms with E-state index in [2.05, 4.69) is 110 Å². The highest BCUT2D eigenvalue weighted by atomic mass is 15.2. The van der Waals surface area contributed by atoms with E-state index in [-0.39, 0.29) is 10.8 Å². The number of nitrogens with two attached hydrogens (primary N) is 2. The third kappa shape index (κ3) is 8.30. The van der Waals surface area contributed by atoms with Gasteiger partial charge in [0.2, 0.25) is 0 Å². The molecular formula is C29H44N6. The molecule has 0 atom stereocenters. The molecule has 0 aromatic heterocycles. The summed E-state index contributed by atoms with van der Waals surface area (Å²) in [7, 11) is 0. The molecule has 2 aromatic carbocycles. The van der Waals surface area contributed by atoms with Gasteiger partial charge in [0.1, 0.15) is 11.7 Å². The summed E-state index contributed by atoms with van der Waals surface area (Å²) in [6, 6.07) is 17.0. The van der Waals surface area contributed by atoms with Crippen LogP contribution in [0.1, 0.15) is 59.1 Å². The van der Waals surface area contributed by atoms with Crippen LogP contribution in [-0.2, 0) is 0 Å². The van der Waals surface area contributed by atoms with Crippen molar-refractivity contribution in [3.63, 3.8) is 0 Å². The predicted molar refractivity (Wildman–Crippen MR) is 152 cm³/mol. The Bertz CT molecular complexity index is 924. The van der Waals surface area contributed by atoms with Crippen LogP contribution in [0.3, 0.4) is 0 Å². The van der Waals surface area contributed by atoms with E-state index < -0.39 is 0 Å². The molecule has 1 heterocycles. The Hall–Kier alpha value is -3.02. The smallest absolute Gasteiger partial charge is 0.125 e. The molecule has 0 bridgehead atoms. The first-order valence-corrected chi connectivity index (χ1v) is 12.7. The van der Waals surface area contributed by atoms with Crippen molar-refractivity contribution in [3.05, 3.63) is 59.7 Å².